The fourth-order valence-corrected chi connectivity index (χ4v) is 2.67. The number of ether oxygens (including phenoxy) is 2. The van der Waals surface area contributed by atoms with Crippen molar-refractivity contribution in [1.82, 2.24) is 4.90 Å². The molecule has 0 saturated carbocycles. The Hall–Kier alpha value is -1.26. The van der Waals surface area contributed by atoms with Crippen molar-refractivity contribution in [2.75, 3.05) is 34.4 Å². The second kappa shape index (κ2) is 5.16. The van der Waals surface area contributed by atoms with Crippen LogP contribution in [0.25, 0.3) is 0 Å². The predicted octanol–water partition coefficient (Wildman–Crippen LogP) is 1.58. The molecule has 100 valence electrons. The molecule has 0 aromatic heterocycles. The minimum absolute atomic E-state index is 0.166. The largest absolute Gasteiger partial charge is 0.497 e. The topological polar surface area (TPSA) is 47.7 Å². The highest BCUT2D eigenvalue weighted by atomic mass is 16.5. The van der Waals surface area contributed by atoms with Gasteiger partial charge in [-0.15, -0.1) is 0 Å². The first-order chi connectivity index (χ1) is 8.64. The second-order valence-electron chi connectivity index (χ2n) is 4.94. The van der Waals surface area contributed by atoms with Crippen LogP contribution in [0.5, 0.6) is 11.5 Å². The summed E-state index contributed by atoms with van der Waals surface area (Å²) in [5, 5.41) is 0. The van der Waals surface area contributed by atoms with E-state index in [1.165, 1.54) is 0 Å². The Labute approximate surface area is 109 Å². The maximum Gasteiger partial charge on any atom is 0.124 e. The number of nitrogens with zero attached hydrogens (tertiary/aromatic N) is 1. The van der Waals surface area contributed by atoms with Crippen molar-refractivity contribution in [3.8, 4) is 11.5 Å². The first-order valence-electron chi connectivity index (χ1n) is 6.33. The van der Waals surface area contributed by atoms with Gasteiger partial charge in [-0.2, -0.15) is 0 Å². The zero-order valence-corrected chi connectivity index (χ0v) is 11.4. The van der Waals surface area contributed by atoms with E-state index in [-0.39, 0.29) is 5.54 Å². The highest BCUT2D eigenvalue weighted by Gasteiger charge is 2.37. The maximum atomic E-state index is 6.08. The van der Waals surface area contributed by atoms with Crippen molar-refractivity contribution in [2.45, 2.75) is 18.4 Å². The number of likely N-dealkylation sites (N-methyl/N-ethyl adjacent to an activating group) is 1. The lowest BCUT2D eigenvalue weighted by Gasteiger charge is -2.39. The average Bonchev–Trinajstić information content (AvgIpc) is 2.57. The van der Waals surface area contributed by atoms with Crippen LogP contribution in [0.1, 0.15) is 18.4 Å². The van der Waals surface area contributed by atoms with Gasteiger partial charge in [-0.3, -0.25) is 4.90 Å². The maximum absolute atomic E-state index is 6.08. The van der Waals surface area contributed by atoms with Crippen LogP contribution < -0.4 is 15.2 Å². The molecule has 1 aliphatic rings. The molecule has 1 aliphatic heterocycles. The van der Waals surface area contributed by atoms with Crippen LogP contribution in [-0.4, -0.2) is 39.3 Å². The molecule has 1 atom stereocenters. The van der Waals surface area contributed by atoms with Gasteiger partial charge < -0.3 is 15.2 Å². The summed E-state index contributed by atoms with van der Waals surface area (Å²) in [6, 6.07) is 5.96. The van der Waals surface area contributed by atoms with Gasteiger partial charge in [-0.1, -0.05) is 0 Å². The summed E-state index contributed by atoms with van der Waals surface area (Å²) in [4.78, 5) is 2.19. The molecule has 0 spiro atoms. The quantitative estimate of drug-likeness (QED) is 0.885. The summed E-state index contributed by atoms with van der Waals surface area (Å²) >= 11 is 0. The number of methoxy groups -OCH3 is 1. The van der Waals surface area contributed by atoms with Gasteiger partial charge in [0.2, 0.25) is 0 Å². The number of fused-ring (bicyclic) bond motifs is 1. The molecule has 2 N–H and O–H groups in total. The lowest BCUT2D eigenvalue weighted by molar-refractivity contribution is 0.147. The smallest absolute Gasteiger partial charge is 0.124 e. The summed E-state index contributed by atoms with van der Waals surface area (Å²) in [6.07, 6.45) is 2.00. The van der Waals surface area contributed by atoms with Crippen molar-refractivity contribution < 1.29 is 9.47 Å². The minimum atomic E-state index is -0.166. The highest BCUT2D eigenvalue weighted by molar-refractivity contribution is 5.45. The third kappa shape index (κ3) is 2.06. The van der Waals surface area contributed by atoms with E-state index in [2.05, 4.69) is 19.0 Å². The summed E-state index contributed by atoms with van der Waals surface area (Å²) in [5.41, 5.74) is 7.04. The van der Waals surface area contributed by atoms with Crippen molar-refractivity contribution in [3.63, 3.8) is 0 Å². The molecule has 2 rings (SSSR count). The average molecular weight is 250 g/mol. The molecule has 0 radical (unpaired) electrons. The Morgan fingerprint density at radius 1 is 1.44 bits per heavy atom. The second-order valence-corrected chi connectivity index (χ2v) is 4.94. The molecule has 18 heavy (non-hydrogen) atoms. The van der Waals surface area contributed by atoms with E-state index in [0.29, 0.717) is 6.54 Å². The van der Waals surface area contributed by atoms with Gasteiger partial charge in [0.05, 0.1) is 19.3 Å². The highest BCUT2D eigenvalue weighted by Crippen LogP contribution is 2.40. The zero-order valence-electron chi connectivity index (χ0n) is 11.4. The number of hydrogen-bond donors (Lipinski definition) is 1. The van der Waals surface area contributed by atoms with E-state index in [9.17, 15) is 0 Å². The lowest BCUT2D eigenvalue weighted by atomic mass is 9.84. The van der Waals surface area contributed by atoms with E-state index in [1.54, 1.807) is 7.11 Å². The van der Waals surface area contributed by atoms with E-state index in [0.717, 1.165) is 36.5 Å². The molecular formula is C14H22N2O2. The molecule has 0 amide bonds. The Morgan fingerprint density at radius 2 is 2.22 bits per heavy atom. The van der Waals surface area contributed by atoms with Crippen LogP contribution in [0.2, 0.25) is 0 Å². The first kappa shape index (κ1) is 13.2. The standard InChI is InChI=1S/C14H22N2O2/c1-16(2)14(10-15)7-4-8-18-13-6-5-11(17-3)9-12(13)14/h5-6,9H,4,7-8,10,15H2,1-3H3. The fourth-order valence-electron chi connectivity index (χ4n) is 2.67. The summed E-state index contributed by atoms with van der Waals surface area (Å²) in [7, 11) is 5.82. The Morgan fingerprint density at radius 3 is 2.83 bits per heavy atom. The summed E-state index contributed by atoms with van der Waals surface area (Å²) < 4.78 is 11.1. The molecule has 0 bridgehead atoms. The minimum Gasteiger partial charge on any atom is -0.497 e. The molecule has 1 unspecified atom stereocenters. The molecule has 1 aromatic rings. The fraction of sp³-hybridized carbons (Fsp3) is 0.571. The zero-order chi connectivity index (χ0) is 13.2. The van der Waals surface area contributed by atoms with Crippen molar-refractivity contribution >= 4 is 0 Å². The molecule has 0 aliphatic carbocycles. The van der Waals surface area contributed by atoms with E-state index in [4.69, 9.17) is 15.2 Å². The monoisotopic (exact) mass is 250 g/mol. The van der Waals surface area contributed by atoms with Crippen LogP contribution in [0, 0.1) is 0 Å². The van der Waals surface area contributed by atoms with Crippen molar-refractivity contribution in [1.29, 1.82) is 0 Å². The molecule has 4 nitrogen and oxygen atoms in total. The van der Waals surface area contributed by atoms with Crippen molar-refractivity contribution in [3.05, 3.63) is 23.8 Å². The van der Waals surface area contributed by atoms with Gasteiger partial charge >= 0.3 is 0 Å². The molecule has 4 heteroatoms. The third-order valence-electron chi connectivity index (χ3n) is 3.87. The Bertz CT molecular complexity index is 420. The molecule has 1 aromatic carbocycles. The van der Waals surface area contributed by atoms with Crippen LogP contribution in [0.15, 0.2) is 18.2 Å². The van der Waals surface area contributed by atoms with Gasteiger partial charge in [-0.05, 0) is 45.1 Å². The number of hydrogen-bond acceptors (Lipinski definition) is 4. The van der Waals surface area contributed by atoms with Crippen LogP contribution in [-0.2, 0) is 5.54 Å². The van der Waals surface area contributed by atoms with E-state index in [1.807, 2.05) is 18.2 Å². The van der Waals surface area contributed by atoms with Crippen LogP contribution >= 0.6 is 0 Å². The van der Waals surface area contributed by atoms with E-state index < -0.39 is 0 Å². The third-order valence-corrected chi connectivity index (χ3v) is 3.87. The van der Waals surface area contributed by atoms with Crippen LogP contribution in [0.4, 0.5) is 0 Å². The van der Waals surface area contributed by atoms with Gasteiger partial charge in [0, 0.05) is 12.1 Å². The Balaban J connectivity index is 2.57. The summed E-state index contributed by atoms with van der Waals surface area (Å²) in [5.74, 6) is 1.77. The number of benzene rings is 1. The molecular weight excluding hydrogens is 228 g/mol. The van der Waals surface area contributed by atoms with Gasteiger partial charge in [0.25, 0.3) is 0 Å². The van der Waals surface area contributed by atoms with Gasteiger partial charge in [-0.25, -0.2) is 0 Å². The predicted molar refractivity (Wildman–Crippen MR) is 72.1 cm³/mol. The first-order valence-corrected chi connectivity index (χ1v) is 6.33. The SMILES string of the molecule is COc1ccc2c(c1)C(CN)(N(C)C)CCCO2. The number of nitrogens with two attached hydrogens (primary N) is 1. The number of rotatable bonds is 3. The van der Waals surface area contributed by atoms with Gasteiger partial charge in [0.15, 0.2) is 0 Å². The summed E-state index contributed by atoms with van der Waals surface area (Å²) in [6.45, 7) is 1.32. The normalized spacial score (nSPS) is 23.2. The van der Waals surface area contributed by atoms with Gasteiger partial charge in [0.1, 0.15) is 11.5 Å². The van der Waals surface area contributed by atoms with Crippen molar-refractivity contribution in [2.24, 2.45) is 5.73 Å². The van der Waals surface area contributed by atoms with E-state index >= 15 is 0 Å². The lowest BCUT2D eigenvalue weighted by Crippen LogP contribution is -2.47. The molecule has 0 saturated heterocycles. The van der Waals surface area contributed by atoms with Crippen LogP contribution in [0.3, 0.4) is 0 Å². The Kier molecular flexibility index (Phi) is 3.78. The molecule has 1 heterocycles. The molecule has 0 fully saturated rings.